The van der Waals surface area contributed by atoms with E-state index in [4.69, 9.17) is 19.9 Å². The molecule has 1 aliphatic carbocycles. The summed E-state index contributed by atoms with van der Waals surface area (Å²) in [7, 11) is 1.29. The number of benzene rings is 1. The van der Waals surface area contributed by atoms with Crippen molar-refractivity contribution in [1.82, 2.24) is 0 Å². The molecule has 1 aromatic carbocycles. The van der Waals surface area contributed by atoms with Crippen molar-refractivity contribution in [2.45, 2.75) is 58.8 Å². The summed E-state index contributed by atoms with van der Waals surface area (Å²) in [6, 6.07) is 7.47. The van der Waals surface area contributed by atoms with E-state index in [1.807, 2.05) is 38.1 Å². The van der Waals surface area contributed by atoms with E-state index in [2.05, 4.69) is 6.92 Å². The minimum Gasteiger partial charge on any atom is -0.494 e. The summed E-state index contributed by atoms with van der Waals surface area (Å²) in [6.45, 7) is 6.85. The molecule has 1 heterocycles. The number of ether oxygens (including phenoxy) is 3. The first kappa shape index (κ1) is 21.9. The Balaban J connectivity index is 1.97. The van der Waals surface area contributed by atoms with E-state index in [1.165, 1.54) is 7.11 Å². The first-order valence-corrected chi connectivity index (χ1v) is 10.5. The van der Waals surface area contributed by atoms with Crippen LogP contribution in [0.1, 0.15) is 64.4 Å². The summed E-state index contributed by atoms with van der Waals surface area (Å²) in [5.74, 6) is 0.0617. The van der Waals surface area contributed by atoms with Crippen molar-refractivity contribution in [3.8, 4) is 5.75 Å². The number of carbonyl (C=O) groups is 2. The largest absolute Gasteiger partial charge is 0.494 e. The van der Waals surface area contributed by atoms with E-state index < -0.39 is 11.9 Å². The third kappa shape index (κ3) is 4.53. The number of hydrogen-bond acceptors (Lipinski definition) is 6. The fourth-order valence-electron chi connectivity index (χ4n) is 4.13. The molecule has 0 amide bonds. The summed E-state index contributed by atoms with van der Waals surface area (Å²) in [4.78, 5) is 25.6. The smallest absolute Gasteiger partial charge is 0.340 e. The highest BCUT2D eigenvalue weighted by Gasteiger charge is 2.44. The van der Waals surface area contributed by atoms with Crippen LogP contribution in [-0.4, -0.2) is 25.5 Å². The van der Waals surface area contributed by atoms with Gasteiger partial charge in [-0.15, -0.1) is 0 Å². The van der Waals surface area contributed by atoms with E-state index in [-0.39, 0.29) is 22.7 Å². The van der Waals surface area contributed by atoms with Gasteiger partial charge in [-0.3, -0.25) is 4.79 Å². The Morgan fingerprint density at radius 2 is 1.90 bits per heavy atom. The number of methoxy groups -OCH3 is 1. The van der Waals surface area contributed by atoms with E-state index in [0.717, 1.165) is 30.6 Å². The van der Waals surface area contributed by atoms with Crippen molar-refractivity contribution in [2.75, 3.05) is 13.7 Å². The Bertz CT molecular complexity index is 879. The minimum absolute atomic E-state index is 0.00371. The van der Waals surface area contributed by atoms with Crippen LogP contribution >= 0.6 is 0 Å². The van der Waals surface area contributed by atoms with Crippen LogP contribution in [-0.2, 0) is 19.1 Å². The van der Waals surface area contributed by atoms with Crippen molar-refractivity contribution >= 4 is 11.8 Å². The molecule has 1 aliphatic heterocycles. The Labute approximate surface area is 178 Å². The average molecular weight is 414 g/mol. The zero-order chi connectivity index (χ0) is 21.9. The Kier molecular flexibility index (Phi) is 6.54. The molecule has 6 nitrogen and oxygen atoms in total. The first-order valence-electron chi connectivity index (χ1n) is 10.5. The van der Waals surface area contributed by atoms with E-state index in [9.17, 15) is 9.59 Å². The maximum Gasteiger partial charge on any atom is 0.340 e. The fraction of sp³-hybridized carbons (Fsp3) is 0.500. The molecule has 0 saturated carbocycles. The lowest BCUT2D eigenvalue weighted by Gasteiger charge is -2.37. The second kappa shape index (κ2) is 8.94. The van der Waals surface area contributed by atoms with Gasteiger partial charge >= 0.3 is 5.97 Å². The molecule has 0 spiro atoms. The number of carbonyl (C=O) groups excluding carboxylic acids is 2. The Morgan fingerprint density at radius 1 is 1.20 bits per heavy atom. The zero-order valence-corrected chi connectivity index (χ0v) is 18.2. The van der Waals surface area contributed by atoms with Gasteiger partial charge in [0.1, 0.15) is 17.1 Å². The molecule has 1 atom stereocenters. The predicted octanol–water partition coefficient (Wildman–Crippen LogP) is 4.36. The molecular weight excluding hydrogens is 382 g/mol. The van der Waals surface area contributed by atoms with Crippen molar-refractivity contribution in [3.05, 3.63) is 52.6 Å². The topological polar surface area (TPSA) is 87.8 Å². The van der Waals surface area contributed by atoms with E-state index >= 15 is 0 Å². The number of unbranched alkanes of at least 4 members (excludes halogenated alkanes) is 2. The van der Waals surface area contributed by atoms with Crippen LogP contribution in [0.5, 0.6) is 5.75 Å². The van der Waals surface area contributed by atoms with Crippen LogP contribution in [0.15, 0.2) is 47.1 Å². The van der Waals surface area contributed by atoms with Gasteiger partial charge in [0.05, 0.1) is 19.6 Å². The molecule has 162 valence electrons. The molecular formula is C24H31NO5. The van der Waals surface area contributed by atoms with Crippen molar-refractivity contribution < 1.29 is 23.8 Å². The highest BCUT2D eigenvalue weighted by Crippen LogP contribution is 2.48. The molecule has 0 saturated heterocycles. The summed E-state index contributed by atoms with van der Waals surface area (Å²) in [5.41, 5.74) is 7.36. The Hall–Kier alpha value is -2.76. The van der Waals surface area contributed by atoms with Gasteiger partial charge in [-0.1, -0.05) is 45.7 Å². The number of hydrogen-bond donors (Lipinski definition) is 1. The quantitative estimate of drug-likeness (QED) is 0.528. The molecule has 1 aromatic rings. The molecule has 1 unspecified atom stereocenters. The van der Waals surface area contributed by atoms with Gasteiger partial charge in [0, 0.05) is 18.4 Å². The molecule has 0 radical (unpaired) electrons. The van der Waals surface area contributed by atoms with Gasteiger partial charge < -0.3 is 19.9 Å². The lowest BCUT2D eigenvalue weighted by atomic mass is 9.70. The monoisotopic (exact) mass is 413 g/mol. The maximum absolute atomic E-state index is 13.1. The van der Waals surface area contributed by atoms with Crippen LogP contribution in [0.4, 0.5) is 0 Å². The number of esters is 1. The number of nitrogens with two attached hydrogens (primary N) is 1. The molecule has 30 heavy (non-hydrogen) atoms. The second-order valence-electron chi connectivity index (χ2n) is 8.71. The normalized spacial score (nSPS) is 20.5. The summed E-state index contributed by atoms with van der Waals surface area (Å²) < 4.78 is 16.5. The van der Waals surface area contributed by atoms with Gasteiger partial charge in [0.15, 0.2) is 5.78 Å². The van der Waals surface area contributed by atoms with Crippen molar-refractivity contribution in [1.29, 1.82) is 0 Å². The van der Waals surface area contributed by atoms with Crippen molar-refractivity contribution in [2.24, 2.45) is 11.1 Å². The minimum atomic E-state index is -0.612. The predicted molar refractivity (Wildman–Crippen MR) is 114 cm³/mol. The molecule has 0 bridgehead atoms. The van der Waals surface area contributed by atoms with Gasteiger partial charge in [-0.25, -0.2) is 4.79 Å². The molecule has 2 N–H and O–H groups in total. The number of rotatable bonds is 7. The molecule has 0 fully saturated rings. The SMILES string of the molecule is CCCCCOc1ccc(C2C(C(=O)OC)=C(N)OC3=C2C(=O)CC(C)(C)C3)cc1. The average Bonchev–Trinajstić information content (AvgIpc) is 2.69. The van der Waals surface area contributed by atoms with E-state index in [0.29, 0.717) is 30.8 Å². The van der Waals surface area contributed by atoms with Gasteiger partial charge in [-0.2, -0.15) is 0 Å². The molecule has 6 heteroatoms. The second-order valence-corrected chi connectivity index (χ2v) is 8.71. The lowest BCUT2D eigenvalue weighted by molar-refractivity contribution is -0.136. The molecule has 2 aliphatic rings. The summed E-state index contributed by atoms with van der Waals surface area (Å²) >= 11 is 0. The maximum atomic E-state index is 13.1. The van der Waals surface area contributed by atoms with Crippen molar-refractivity contribution in [3.63, 3.8) is 0 Å². The van der Waals surface area contributed by atoms with E-state index in [1.54, 1.807) is 0 Å². The Morgan fingerprint density at radius 3 is 2.53 bits per heavy atom. The highest BCUT2D eigenvalue weighted by atomic mass is 16.5. The number of allylic oxidation sites excluding steroid dienone is 2. The van der Waals surface area contributed by atoms with Crippen LogP contribution < -0.4 is 10.5 Å². The fourth-order valence-corrected chi connectivity index (χ4v) is 4.13. The summed E-state index contributed by atoms with van der Waals surface area (Å²) in [6.07, 6.45) is 4.24. The molecule has 3 rings (SSSR count). The summed E-state index contributed by atoms with van der Waals surface area (Å²) in [5, 5.41) is 0. The lowest BCUT2D eigenvalue weighted by Crippen LogP contribution is -2.35. The first-order chi connectivity index (χ1) is 14.3. The van der Waals surface area contributed by atoms with Crippen LogP contribution in [0.3, 0.4) is 0 Å². The van der Waals surface area contributed by atoms with Crippen LogP contribution in [0.25, 0.3) is 0 Å². The van der Waals surface area contributed by atoms with Gasteiger partial charge in [0.2, 0.25) is 5.88 Å². The zero-order valence-electron chi connectivity index (χ0n) is 18.2. The standard InChI is InChI=1S/C24H31NO5/c1-5-6-7-12-29-16-10-8-15(9-11-16)19-20-17(26)13-24(2,3)14-18(20)30-22(25)21(19)23(27)28-4/h8-11,19H,5-7,12-14,25H2,1-4H3. The van der Waals surface area contributed by atoms with Crippen LogP contribution in [0.2, 0.25) is 0 Å². The highest BCUT2D eigenvalue weighted by molar-refractivity contribution is 6.03. The molecule has 0 aromatic heterocycles. The third-order valence-corrected chi connectivity index (χ3v) is 5.59. The van der Waals surface area contributed by atoms with Gasteiger partial charge in [-0.05, 0) is 29.5 Å². The number of ketones is 1. The van der Waals surface area contributed by atoms with Crippen LogP contribution in [0, 0.1) is 5.41 Å². The third-order valence-electron chi connectivity index (χ3n) is 5.59. The van der Waals surface area contributed by atoms with Gasteiger partial charge in [0.25, 0.3) is 0 Å². The number of Topliss-reactive ketones (excluding diaryl/α,β-unsaturated/α-hetero) is 1.